The van der Waals surface area contributed by atoms with Crippen LogP contribution in [0.4, 0.5) is 5.69 Å². The zero-order valence-corrected chi connectivity index (χ0v) is 16.2. The van der Waals surface area contributed by atoms with Crippen molar-refractivity contribution in [2.24, 2.45) is 5.73 Å². The van der Waals surface area contributed by atoms with Crippen LogP contribution in [0.1, 0.15) is 36.7 Å². The molecule has 0 aromatic heterocycles. The van der Waals surface area contributed by atoms with Gasteiger partial charge in [-0.2, -0.15) is 0 Å². The van der Waals surface area contributed by atoms with Gasteiger partial charge in [0.25, 0.3) is 11.8 Å². The second-order valence-corrected chi connectivity index (χ2v) is 7.34. The number of rotatable bonds is 7. The molecule has 0 aliphatic rings. The summed E-state index contributed by atoms with van der Waals surface area (Å²) in [6.45, 7) is 6.02. The Hall–Kier alpha value is -3.35. The monoisotopic (exact) mass is 383 g/mol. The molecule has 0 heterocycles. The Morgan fingerprint density at radius 1 is 0.964 bits per heavy atom. The summed E-state index contributed by atoms with van der Waals surface area (Å²) in [5.74, 6) is -0.737. The van der Waals surface area contributed by atoms with Crippen LogP contribution in [0.3, 0.4) is 0 Å². The van der Waals surface area contributed by atoms with Crippen molar-refractivity contribution in [3.8, 4) is 5.75 Å². The van der Waals surface area contributed by atoms with E-state index in [1.54, 1.807) is 12.1 Å². The number of amides is 3. The second-order valence-electron chi connectivity index (χ2n) is 7.34. The molecule has 2 aromatic rings. The Morgan fingerprint density at radius 2 is 1.57 bits per heavy atom. The third-order valence-electron chi connectivity index (χ3n) is 3.94. The molecule has 28 heavy (non-hydrogen) atoms. The smallest absolute Gasteiger partial charge is 0.262 e. The summed E-state index contributed by atoms with van der Waals surface area (Å²) in [5, 5.41) is 5.08. The zero-order valence-electron chi connectivity index (χ0n) is 16.2. The Morgan fingerprint density at radius 3 is 2.11 bits per heavy atom. The number of ether oxygens (including phenoxy) is 1. The number of hydrogen-bond acceptors (Lipinski definition) is 4. The number of nitrogens with one attached hydrogen (secondary N) is 2. The third-order valence-corrected chi connectivity index (χ3v) is 3.94. The lowest BCUT2D eigenvalue weighted by Crippen LogP contribution is -2.33. The van der Waals surface area contributed by atoms with Crippen LogP contribution < -0.4 is 21.1 Å². The number of carbonyl (C=O) groups excluding carboxylic acids is 3. The van der Waals surface area contributed by atoms with Crippen molar-refractivity contribution in [3.63, 3.8) is 0 Å². The summed E-state index contributed by atoms with van der Waals surface area (Å²) < 4.78 is 5.50. The maximum atomic E-state index is 12.0. The van der Waals surface area contributed by atoms with E-state index in [-0.39, 0.29) is 24.5 Å². The fourth-order valence-corrected chi connectivity index (χ4v) is 2.37. The maximum Gasteiger partial charge on any atom is 0.262 e. The van der Waals surface area contributed by atoms with Gasteiger partial charge in [-0.05, 0) is 47.4 Å². The van der Waals surface area contributed by atoms with Crippen LogP contribution in [0.25, 0.3) is 0 Å². The minimum absolute atomic E-state index is 0.0544. The molecule has 0 radical (unpaired) electrons. The molecule has 0 bridgehead atoms. The molecule has 148 valence electrons. The van der Waals surface area contributed by atoms with E-state index in [9.17, 15) is 14.4 Å². The summed E-state index contributed by atoms with van der Waals surface area (Å²) in [6.07, 6.45) is 0. The summed E-state index contributed by atoms with van der Waals surface area (Å²) in [6, 6.07) is 13.9. The van der Waals surface area contributed by atoms with Gasteiger partial charge in [-0.25, -0.2) is 0 Å². The zero-order chi connectivity index (χ0) is 20.7. The van der Waals surface area contributed by atoms with Crippen molar-refractivity contribution in [2.75, 3.05) is 18.5 Å². The van der Waals surface area contributed by atoms with Gasteiger partial charge in [-0.15, -0.1) is 0 Å². The predicted octanol–water partition coefficient (Wildman–Crippen LogP) is 2.22. The summed E-state index contributed by atoms with van der Waals surface area (Å²) >= 11 is 0. The molecule has 4 N–H and O–H groups in total. The first-order chi connectivity index (χ1) is 13.1. The molecule has 0 atom stereocenters. The Labute approximate surface area is 164 Å². The minimum atomic E-state index is -0.620. The molecule has 0 fully saturated rings. The summed E-state index contributed by atoms with van der Waals surface area (Å²) in [7, 11) is 0. The summed E-state index contributed by atoms with van der Waals surface area (Å²) in [4.78, 5) is 34.5. The van der Waals surface area contributed by atoms with Gasteiger partial charge in [-0.3, -0.25) is 14.4 Å². The van der Waals surface area contributed by atoms with Gasteiger partial charge >= 0.3 is 0 Å². The highest BCUT2D eigenvalue weighted by Crippen LogP contribution is 2.24. The van der Waals surface area contributed by atoms with Gasteiger partial charge in [0.05, 0.1) is 6.54 Å². The second kappa shape index (κ2) is 9.03. The predicted molar refractivity (Wildman–Crippen MR) is 107 cm³/mol. The van der Waals surface area contributed by atoms with E-state index in [4.69, 9.17) is 10.5 Å². The number of hydrogen-bond donors (Lipinski definition) is 3. The first-order valence-corrected chi connectivity index (χ1v) is 8.85. The van der Waals surface area contributed by atoms with Crippen LogP contribution in [0.5, 0.6) is 5.75 Å². The highest BCUT2D eigenvalue weighted by molar-refractivity contribution is 5.97. The number of nitrogens with two attached hydrogens (primary N) is 1. The molecule has 0 unspecified atom stereocenters. The molecule has 0 saturated carbocycles. The van der Waals surface area contributed by atoms with Crippen molar-refractivity contribution >= 4 is 23.4 Å². The van der Waals surface area contributed by atoms with Crippen LogP contribution >= 0.6 is 0 Å². The van der Waals surface area contributed by atoms with E-state index in [0.717, 1.165) is 0 Å². The standard InChI is InChI=1S/C21H25N3O4/c1-21(2,3)15-6-10-17(11-7-15)28-13-19(26)24-16-8-4-14(5-9-16)20(27)23-12-18(22)25/h4-11H,12-13H2,1-3H3,(H2,22,25)(H,23,27)(H,24,26). The fourth-order valence-electron chi connectivity index (χ4n) is 2.37. The molecule has 7 heteroatoms. The van der Waals surface area contributed by atoms with Gasteiger partial charge < -0.3 is 21.1 Å². The molecular formula is C21H25N3O4. The molecule has 0 aliphatic heterocycles. The lowest BCUT2D eigenvalue weighted by Gasteiger charge is -2.19. The van der Waals surface area contributed by atoms with Crippen LogP contribution in [0.2, 0.25) is 0 Å². The SMILES string of the molecule is CC(C)(C)c1ccc(OCC(=O)Nc2ccc(C(=O)NCC(N)=O)cc2)cc1. The van der Waals surface area contributed by atoms with E-state index >= 15 is 0 Å². The van der Waals surface area contributed by atoms with Crippen LogP contribution in [-0.4, -0.2) is 30.9 Å². The van der Waals surface area contributed by atoms with Gasteiger partial charge in [0.2, 0.25) is 5.91 Å². The Balaban J connectivity index is 1.84. The van der Waals surface area contributed by atoms with Crippen molar-refractivity contribution in [1.82, 2.24) is 5.32 Å². The highest BCUT2D eigenvalue weighted by Gasteiger charge is 2.13. The van der Waals surface area contributed by atoms with E-state index in [2.05, 4.69) is 31.4 Å². The third kappa shape index (κ3) is 6.42. The average molecular weight is 383 g/mol. The number of benzene rings is 2. The first-order valence-electron chi connectivity index (χ1n) is 8.85. The lowest BCUT2D eigenvalue weighted by atomic mass is 9.87. The quantitative estimate of drug-likeness (QED) is 0.681. The average Bonchev–Trinajstić information content (AvgIpc) is 2.64. The largest absolute Gasteiger partial charge is 0.484 e. The maximum absolute atomic E-state index is 12.0. The molecule has 0 spiro atoms. The van der Waals surface area contributed by atoms with E-state index in [1.165, 1.54) is 17.7 Å². The number of primary amides is 1. The molecule has 0 saturated heterocycles. The molecule has 2 aromatic carbocycles. The highest BCUT2D eigenvalue weighted by atomic mass is 16.5. The van der Waals surface area contributed by atoms with Crippen LogP contribution in [0.15, 0.2) is 48.5 Å². The topological polar surface area (TPSA) is 111 Å². The van der Waals surface area contributed by atoms with Crippen molar-refractivity contribution < 1.29 is 19.1 Å². The van der Waals surface area contributed by atoms with Crippen LogP contribution in [0, 0.1) is 0 Å². The van der Waals surface area contributed by atoms with Gasteiger partial charge in [0, 0.05) is 11.3 Å². The first kappa shape index (κ1) is 21.0. The van der Waals surface area contributed by atoms with E-state index in [1.807, 2.05) is 24.3 Å². The number of anilines is 1. The van der Waals surface area contributed by atoms with Crippen molar-refractivity contribution in [3.05, 3.63) is 59.7 Å². The normalized spacial score (nSPS) is 10.8. The summed E-state index contributed by atoms with van der Waals surface area (Å²) in [5.41, 5.74) is 7.11. The molecule has 7 nitrogen and oxygen atoms in total. The van der Waals surface area contributed by atoms with E-state index < -0.39 is 11.8 Å². The van der Waals surface area contributed by atoms with Crippen molar-refractivity contribution in [1.29, 1.82) is 0 Å². The fraction of sp³-hybridized carbons (Fsp3) is 0.286. The van der Waals surface area contributed by atoms with Gasteiger partial charge in [0.1, 0.15) is 5.75 Å². The van der Waals surface area contributed by atoms with E-state index in [0.29, 0.717) is 17.0 Å². The van der Waals surface area contributed by atoms with Gasteiger partial charge in [0.15, 0.2) is 6.61 Å². The number of carbonyl (C=O) groups is 3. The Bertz CT molecular complexity index is 837. The molecule has 0 aliphatic carbocycles. The minimum Gasteiger partial charge on any atom is -0.484 e. The van der Waals surface area contributed by atoms with Gasteiger partial charge in [-0.1, -0.05) is 32.9 Å². The van der Waals surface area contributed by atoms with Crippen LogP contribution in [-0.2, 0) is 15.0 Å². The molecular weight excluding hydrogens is 358 g/mol. The lowest BCUT2D eigenvalue weighted by molar-refractivity contribution is -0.118. The van der Waals surface area contributed by atoms with Crippen molar-refractivity contribution in [2.45, 2.75) is 26.2 Å². The molecule has 2 rings (SSSR count). The Kier molecular flexibility index (Phi) is 6.76. The molecule has 3 amide bonds.